The summed E-state index contributed by atoms with van der Waals surface area (Å²) in [7, 11) is 0. The highest BCUT2D eigenvalue weighted by Gasteiger charge is 2.22. The van der Waals surface area contributed by atoms with E-state index in [1.165, 1.54) is 0 Å². The number of hydrogen-bond donors (Lipinski definition) is 0. The number of nitriles is 1. The number of pyridine rings is 2. The van der Waals surface area contributed by atoms with Gasteiger partial charge in [-0.3, -0.25) is 9.36 Å². The largest absolute Gasteiger partial charge is 0.372 e. The molecular weight excluding hydrogens is 424 g/mol. The van der Waals surface area contributed by atoms with Gasteiger partial charge in [0.15, 0.2) is 0 Å². The fourth-order valence-electron chi connectivity index (χ4n) is 4.87. The maximum Gasteiger partial charge on any atom is 0.262 e. The number of morpholine rings is 1. The van der Waals surface area contributed by atoms with Gasteiger partial charge < -0.3 is 9.64 Å². The quantitative estimate of drug-likeness (QED) is 0.446. The van der Waals surface area contributed by atoms with Crippen molar-refractivity contribution in [1.29, 1.82) is 5.26 Å². The summed E-state index contributed by atoms with van der Waals surface area (Å²) < 4.78 is 7.56. The number of rotatable bonds is 3. The van der Waals surface area contributed by atoms with Gasteiger partial charge in [0, 0.05) is 47.8 Å². The molecule has 1 fully saturated rings. The molecule has 1 aliphatic rings. The molecule has 4 aromatic rings. The van der Waals surface area contributed by atoms with Crippen LogP contribution in [0.15, 0.2) is 71.8 Å². The molecule has 0 saturated carbocycles. The maximum absolute atomic E-state index is 13.5. The zero-order valence-corrected chi connectivity index (χ0v) is 19.5. The second-order valence-corrected chi connectivity index (χ2v) is 8.94. The first-order chi connectivity index (χ1) is 16.4. The molecule has 3 heterocycles. The molecule has 0 spiro atoms. The summed E-state index contributed by atoms with van der Waals surface area (Å²) in [5.74, 6) is 0. The first-order valence-electron chi connectivity index (χ1n) is 11.5. The van der Waals surface area contributed by atoms with Gasteiger partial charge in [0.05, 0.1) is 12.2 Å². The van der Waals surface area contributed by atoms with Gasteiger partial charge in [0.25, 0.3) is 5.56 Å². The summed E-state index contributed by atoms with van der Waals surface area (Å²) in [6.07, 6.45) is 3.97. The molecule has 170 valence electrons. The number of ether oxygens (including phenoxy) is 1. The Labute approximate surface area is 198 Å². The van der Waals surface area contributed by atoms with Gasteiger partial charge in [-0.15, -0.1) is 0 Å². The molecule has 0 bridgehead atoms. The van der Waals surface area contributed by atoms with Crippen LogP contribution in [-0.4, -0.2) is 34.8 Å². The minimum Gasteiger partial charge on any atom is -0.372 e. The van der Waals surface area contributed by atoms with Crippen molar-refractivity contribution >= 4 is 16.5 Å². The third-order valence-corrected chi connectivity index (χ3v) is 6.33. The average Bonchev–Trinajstić information content (AvgIpc) is 2.85. The highest BCUT2D eigenvalue weighted by Crippen LogP contribution is 2.30. The SMILES string of the molecule is Cc1cn(-c2ccc(N3CC(C)O[C@H](C)C3)cc2)c(=O)c2cccc(-c3ccc(C#N)nc3)c12. The standard InChI is InChI=1S/C28H26N4O2/c1-18-15-32(24-11-9-23(10-12-24)31-16-19(2)34-20(3)17-31)28(33)26-6-4-5-25(27(18)26)21-7-8-22(13-29)30-14-21/h4-12,14-15,19-20H,16-17H2,1-3H3/t19-,20?/m1/s1. The number of aromatic nitrogens is 2. The molecule has 0 radical (unpaired) electrons. The highest BCUT2D eigenvalue weighted by atomic mass is 16.5. The lowest BCUT2D eigenvalue weighted by atomic mass is 9.97. The minimum absolute atomic E-state index is 0.0644. The minimum atomic E-state index is -0.0644. The third-order valence-electron chi connectivity index (χ3n) is 6.33. The summed E-state index contributed by atoms with van der Waals surface area (Å²) in [4.78, 5) is 20.0. The Hall–Kier alpha value is -3.95. The van der Waals surface area contributed by atoms with Crippen LogP contribution in [-0.2, 0) is 4.74 Å². The van der Waals surface area contributed by atoms with E-state index in [4.69, 9.17) is 10.00 Å². The van der Waals surface area contributed by atoms with Crippen molar-refractivity contribution < 1.29 is 4.74 Å². The molecule has 6 heteroatoms. The van der Waals surface area contributed by atoms with Crippen LogP contribution in [0.4, 0.5) is 5.69 Å². The second-order valence-electron chi connectivity index (χ2n) is 8.94. The van der Waals surface area contributed by atoms with Crippen molar-refractivity contribution in [2.75, 3.05) is 18.0 Å². The number of benzene rings is 2. The Morgan fingerprint density at radius 3 is 2.35 bits per heavy atom. The van der Waals surface area contributed by atoms with E-state index in [1.807, 2.05) is 55.6 Å². The van der Waals surface area contributed by atoms with Crippen LogP contribution in [0.25, 0.3) is 27.6 Å². The van der Waals surface area contributed by atoms with Crippen molar-refractivity contribution in [1.82, 2.24) is 9.55 Å². The summed E-state index contributed by atoms with van der Waals surface area (Å²) >= 11 is 0. The van der Waals surface area contributed by atoms with Gasteiger partial charge in [-0.2, -0.15) is 5.26 Å². The molecule has 34 heavy (non-hydrogen) atoms. The van der Waals surface area contributed by atoms with Crippen LogP contribution in [0, 0.1) is 18.3 Å². The molecule has 2 atom stereocenters. The Morgan fingerprint density at radius 1 is 1.00 bits per heavy atom. The van der Waals surface area contributed by atoms with E-state index in [9.17, 15) is 4.79 Å². The average molecular weight is 451 g/mol. The molecule has 6 nitrogen and oxygen atoms in total. The fourth-order valence-corrected chi connectivity index (χ4v) is 4.87. The number of aryl methyl sites for hydroxylation is 1. The van der Waals surface area contributed by atoms with E-state index in [2.05, 4.69) is 35.9 Å². The molecule has 0 N–H and O–H groups in total. The van der Waals surface area contributed by atoms with Gasteiger partial charge in [-0.1, -0.05) is 12.1 Å². The predicted molar refractivity (Wildman–Crippen MR) is 134 cm³/mol. The monoisotopic (exact) mass is 450 g/mol. The normalized spacial score (nSPS) is 18.1. The van der Waals surface area contributed by atoms with Crippen molar-refractivity contribution in [3.63, 3.8) is 0 Å². The van der Waals surface area contributed by atoms with Crippen LogP contribution in [0.1, 0.15) is 25.1 Å². The Morgan fingerprint density at radius 2 is 1.71 bits per heavy atom. The Kier molecular flexibility index (Phi) is 5.64. The summed E-state index contributed by atoms with van der Waals surface area (Å²) in [6, 6.07) is 19.5. The van der Waals surface area contributed by atoms with Gasteiger partial charge in [-0.25, -0.2) is 4.98 Å². The van der Waals surface area contributed by atoms with Gasteiger partial charge in [0.1, 0.15) is 11.8 Å². The lowest BCUT2D eigenvalue weighted by molar-refractivity contribution is -0.00521. The topological polar surface area (TPSA) is 71.2 Å². The van der Waals surface area contributed by atoms with Crippen molar-refractivity contribution in [2.45, 2.75) is 33.0 Å². The van der Waals surface area contributed by atoms with E-state index in [0.717, 1.165) is 46.5 Å². The number of fused-ring (bicyclic) bond motifs is 1. The molecule has 1 saturated heterocycles. The van der Waals surface area contributed by atoms with E-state index in [-0.39, 0.29) is 17.8 Å². The molecule has 0 amide bonds. The maximum atomic E-state index is 13.5. The van der Waals surface area contributed by atoms with Crippen molar-refractivity contribution in [3.8, 4) is 22.9 Å². The van der Waals surface area contributed by atoms with E-state index in [0.29, 0.717) is 11.1 Å². The lowest BCUT2D eigenvalue weighted by Crippen LogP contribution is -2.45. The van der Waals surface area contributed by atoms with Crippen LogP contribution < -0.4 is 10.5 Å². The van der Waals surface area contributed by atoms with Crippen LogP contribution in [0.2, 0.25) is 0 Å². The summed E-state index contributed by atoms with van der Waals surface area (Å²) in [6.45, 7) is 7.91. The number of anilines is 1. The third kappa shape index (κ3) is 3.95. The summed E-state index contributed by atoms with van der Waals surface area (Å²) in [5.41, 5.74) is 5.07. The van der Waals surface area contributed by atoms with Gasteiger partial charge in [-0.05, 0) is 79.7 Å². The second kappa shape index (κ2) is 8.77. The van der Waals surface area contributed by atoms with E-state index < -0.39 is 0 Å². The van der Waals surface area contributed by atoms with E-state index in [1.54, 1.807) is 16.8 Å². The Bertz CT molecular complexity index is 1440. The van der Waals surface area contributed by atoms with Gasteiger partial charge in [0.2, 0.25) is 0 Å². The predicted octanol–water partition coefficient (Wildman–Crippen LogP) is 4.85. The molecule has 5 rings (SSSR count). The lowest BCUT2D eigenvalue weighted by Gasteiger charge is -2.36. The van der Waals surface area contributed by atoms with Crippen molar-refractivity contribution in [2.24, 2.45) is 0 Å². The molecular formula is C28H26N4O2. The first-order valence-corrected chi connectivity index (χ1v) is 11.5. The number of nitrogens with zero attached hydrogens (tertiary/aromatic N) is 4. The molecule has 2 aromatic heterocycles. The fraction of sp³-hybridized carbons (Fsp3) is 0.250. The number of hydrogen-bond acceptors (Lipinski definition) is 5. The molecule has 1 aliphatic heterocycles. The molecule has 2 aromatic carbocycles. The zero-order chi connectivity index (χ0) is 23.8. The summed E-state index contributed by atoms with van der Waals surface area (Å²) in [5, 5.41) is 10.6. The van der Waals surface area contributed by atoms with E-state index >= 15 is 0 Å². The molecule has 1 unspecified atom stereocenters. The smallest absolute Gasteiger partial charge is 0.262 e. The van der Waals surface area contributed by atoms with Crippen LogP contribution in [0.5, 0.6) is 0 Å². The molecule has 0 aliphatic carbocycles. The van der Waals surface area contributed by atoms with Crippen LogP contribution in [0.3, 0.4) is 0 Å². The van der Waals surface area contributed by atoms with Gasteiger partial charge >= 0.3 is 0 Å². The Balaban J connectivity index is 1.55. The highest BCUT2D eigenvalue weighted by molar-refractivity contribution is 5.98. The zero-order valence-electron chi connectivity index (χ0n) is 19.5. The first kappa shape index (κ1) is 21.9. The van der Waals surface area contributed by atoms with Crippen LogP contribution >= 0.6 is 0 Å². The van der Waals surface area contributed by atoms with Crippen molar-refractivity contribution in [3.05, 3.63) is 88.6 Å².